The van der Waals surface area contributed by atoms with Crippen molar-refractivity contribution in [1.29, 1.82) is 0 Å². The first-order chi connectivity index (χ1) is 11.1. The smallest absolute Gasteiger partial charge is 0.262 e. The molecular formula is C17H15NO4S. The van der Waals surface area contributed by atoms with Crippen molar-refractivity contribution >= 4 is 29.4 Å². The zero-order valence-corrected chi connectivity index (χ0v) is 13.4. The molecule has 0 unspecified atom stereocenters. The number of anilines is 1. The van der Waals surface area contributed by atoms with Crippen LogP contribution >= 0.6 is 11.8 Å². The van der Waals surface area contributed by atoms with Crippen LogP contribution in [0.3, 0.4) is 0 Å². The summed E-state index contributed by atoms with van der Waals surface area (Å²) in [5, 5.41) is 12.6. The number of para-hydroxylation sites is 1. The van der Waals surface area contributed by atoms with Crippen LogP contribution < -0.4 is 14.8 Å². The second-order valence-electron chi connectivity index (χ2n) is 4.82. The number of carbonyl (C=O) groups excluding carboxylic acids is 1. The number of carbonyl (C=O) groups is 1. The van der Waals surface area contributed by atoms with Gasteiger partial charge in [0.15, 0.2) is 0 Å². The summed E-state index contributed by atoms with van der Waals surface area (Å²) in [5.74, 6) is 0.709. The highest BCUT2D eigenvalue weighted by Crippen LogP contribution is 2.41. The molecule has 1 aliphatic rings. The van der Waals surface area contributed by atoms with Crippen molar-refractivity contribution in [1.82, 2.24) is 0 Å². The van der Waals surface area contributed by atoms with Crippen molar-refractivity contribution in [2.24, 2.45) is 0 Å². The van der Waals surface area contributed by atoms with Crippen LogP contribution in [0.5, 0.6) is 17.2 Å². The number of hydrogen-bond donors (Lipinski definition) is 2. The SMILES string of the molecule is COc1cc(O)cc(OC)c1C=C1Sc2ccccc2NC1=O. The number of nitrogens with one attached hydrogen (secondary N) is 1. The predicted molar refractivity (Wildman–Crippen MR) is 90.1 cm³/mol. The van der Waals surface area contributed by atoms with Gasteiger partial charge in [-0.25, -0.2) is 0 Å². The first-order valence-electron chi connectivity index (χ1n) is 6.87. The first-order valence-corrected chi connectivity index (χ1v) is 7.69. The van der Waals surface area contributed by atoms with E-state index in [0.717, 1.165) is 10.6 Å². The molecule has 0 bridgehead atoms. The fourth-order valence-corrected chi connectivity index (χ4v) is 3.23. The Balaban J connectivity index is 2.07. The van der Waals surface area contributed by atoms with Gasteiger partial charge in [0.05, 0.1) is 30.4 Å². The van der Waals surface area contributed by atoms with E-state index in [2.05, 4.69) is 5.32 Å². The van der Waals surface area contributed by atoms with Gasteiger partial charge < -0.3 is 19.9 Å². The Morgan fingerprint density at radius 3 is 2.43 bits per heavy atom. The lowest BCUT2D eigenvalue weighted by molar-refractivity contribution is -0.112. The average Bonchev–Trinajstić information content (AvgIpc) is 2.56. The molecule has 1 aliphatic heterocycles. The van der Waals surface area contributed by atoms with Crippen LogP contribution in [-0.4, -0.2) is 25.2 Å². The third kappa shape index (κ3) is 2.98. The molecule has 0 spiro atoms. The number of aromatic hydroxyl groups is 1. The van der Waals surface area contributed by atoms with Gasteiger partial charge in [-0.1, -0.05) is 23.9 Å². The number of phenolic OH excluding ortho intramolecular Hbond substituents is 1. The summed E-state index contributed by atoms with van der Waals surface area (Å²) in [7, 11) is 3.00. The monoisotopic (exact) mass is 329 g/mol. The predicted octanol–water partition coefficient (Wildman–Crippen LogP) is 3.49. The Morgan fingerprint density at radius 2 is 1.78 bits per heavy atom. The van der Waals surface area contributed by atoms with Gasteiger partial charge in [0.2, 0.25) is 0 Å². The van der Waals surface area contributed by atoms with Crippen LogP contribution in [-0.2, 0) is 4.79 Å². The van der Waals surface area contributed by atoms with E-state index in [4.69, 9.17) is 9.47 Å². The number of ether oxygens (including phenoxy) is 2. The molecule has 0 aromatic heterocycles. The summed E-state index contributed by atoms with van der Waals surface area (Å²) < 4.78 is 10.6. The largest absolute Gasteiger partial charge is 0.508 e. The molecule has 1 heterocycles. The molecule has 0 fully saturated rings. The maximum Gasteiger partial charge on any atom is 0.262 e. The Hall–Kier alpha value is -2.60. The second-order valence-corrected chi connectivity index (χ2v) is 5.91. The van der Waals surface area contributed by atoms with Crippen molar-refractivity contribution in [3.8, 4) is 17.2 Å². The number of methoxy groups -OCH3 is 2. The molecule has 0 saturated carbocycles. The fraction of sp³-hybridized carbons (Fsp3) is 0.118. The number of amides is 1. The van der Waals surface area contributed by atoms with Crippen LogP contribution in [0.25, 0.3) is 6.08 Å². The summed E-state index contributed by atoms with van der Waals surface area (Å²) in [5.41, 5.74) is 1.40. The van der Waals surface area contributed by atoms with Crippen LogP contribution in [0.1, 0.15) is 5.56 Å². The van der Waals surface area contributed by atoms with Gasteiger partial charge in [0.1, 0.15) is 17.2 Å². The van der Waals surface area contributed by atoms with E-state index < -0.39 is 0 Å². The summed E-state index contributed by atoms with van der Waals surface area (Å²) in [6.45, 7) is 0. The van der Waals surface area contributed by atoms with Crippen molar-refractivity contribution in [2.45, 2.75) is 4.90 Å². The average molecular weight is 329 g/mol. The number of benzene rings is 2. The molecule has 23 heavy (non-hydrogen) atoms. The molecule has 1 amide bonds. The van der Waals surface area contributed by atoms with Gasteiger partial charge in [-0.3, -0.25) is 4.79 Å². The maximum absolute atomic E-state index is 12.3. The zero-order chi connectivity index (χ0) is 16.4. The second kappa shape index (κ2) is 6.26. The Bertz CT molecular complexity index is 776. The summed E-state index contributed by atoms with van der Waals surface area (Å²) in [6, 6.07) is 10.6. The highest BCUT2D eigenvalue weighted by molar-refractivity contribution is 8.04. The first kappa shape index (κ1) is 15.3. The number of rotatable bonds is 3. The standard InChI is InChI=1S/C17H15NO4S/c1-21-13-7-10(19)8-14(22-2)11(13)9-16-17(20)18-12-5-3-4-6-15(12)23-16/h3-9,19H,1-2H3,(H,18,20). The van der Waals surface area contributed by atoms with Crippen LogP contribution in [0.4, 0.5) is 5.69 Å². The van der Waals surface area contributed by atoms with E-state index in [0.29, 0.717) is 22.0 Å². The zero-order valence-electron chi connectivity index (χ0n) is 12.6. The molecule has 2 aromatic rings. The van der Waals surface area contributed by atoms with Gasteiger partial charge in [-0.05, 0) is 18.2 Å². The molecule has 6 heteroatoms. The van der Waals surface area contributed by atoms with Crippen molar-refractivity contribution in [3.05, 3.63) is 46.9 Å². The van der Waals surface area contributed by atoms with Crippen molar-refractivity contribution in [3.63, 3.8) is 0 Å². The Morgan fingerprint density at radius 1 is 1.13 bits per heavy atom. The molecule has 0 atom stereocenters. The van der Waals surface area contributed by atoms with Gasteiger partial charge in [0.25, 0.3) is 5.91 Å². The number of phenols is 1. The van der Waals surface area contributed by atoms with Crippen LogP contribution in [0.2, 0.25) is 0 Å². The van der Waals surface area contributed by atoms with Gasteiger partial charge >= 0.3 is 0 Å². The van der Waals surface area contributed by atoms with E-state index >= 15 is 0 Å². The molecule has 0 aliphatic carbocycles. The number of hydrogen-bond acceptors (Lipinski definition) is 5. The molecule has 2 aromatic carbocycles. The van der Waals surface area contributed by atoms with Gasteiger partial charge in [-0.2, -0.15) is 0 Å². The summed E-state index contributed by atoms with van der Waals surface area (Å²) in [6.07, 6.45) is 1.70. The third-order valence-electron chi connectivity index (χ3n) is 3.38. The molecule has 0 saturated heterocycles. The van der Waals surface area contributed by atoms with Crippen molar-refractivity contribution in [2.75, 3.05) is 19.5 Å². The lowest BCUT2D eigenvalue weighted by Crippen LogP contribution is -2.17. The lowest BCUT2D eigenvalue weighted by Gasteiger charge is -2.19. The third-order valence-corrected chi connectivity index (χ3v) is 4.48. The van der Waals surface area contributed by atoms with Crippen molar-refractivity contribution < 1.29 is 19.4 Å². The number of fused-ring (bicyclic) bond motifs is 1. The molecule has 2 N–H and O–H groups in total. The van der Waals surface area contributed by atoms with E-state index in [1.807, 2.05) is 24.3 Å². The normalized spacial score (nSPS) is 15.0. The lowest BCUT2D eigenvalue weighted by atomic mass is 10.1. The minimum atomic E-state index is -0.189. The minimum absolute atomic E-state index is 0.0342. The Kier molecular flexibility index (Phi) is 4.16. The van der Waals surface area contributed by atoms with Gasteiger partial charge in [0, 0.05) is 17.0 Å². The number of thioether (sulfide) groups is 1. The fourth-order valence-electron chi connectivity index (χ4n) is 2.30. The molecule has 0 radical (unpaired) electrons. The minimum Gasteiger partial charge on any atom is -0.508 e. The summed E-state index contributed by atoms with van der Waals surface area (Å²) >= 11 is 1.38. The van der Waals surface area contributed by atoms with E-state index in [9.17, 15) is 9.90 Å². The quantitative estimate of drug-likeness (QED) is 0.844. The van der Waals surface area contributed by atoms with Gasteiger partial charge in [-0.15, -0.1) is 0 Å². The van der Waals surface area contributed by atoms with E-state index in [1.165, 1.54) is 38.1 Å². The van der Waals surface area contributed by atoms with Crippen LogP contribution in [0, 0.1) is 0 Å². The molecule has 5 nitrogen and oxygen atoms in total. The Labute approximate surface area is 137 Å². The summed E-state index contributed by atoms with van der Waals surface area (Å²) in [4.78, 5) is 13.8. The molecule has 3 rings (SSSR count). The topological polar surface area (TPSA) is 67.8 Å². The van der Waals surface area contributed by atoms with E-state index in [1.54, 1.807) is 6.08 Å². The van der Waals surface area contributed by atoms with E-state index in [-0.39, 0.29) is 11.7 Å². The van der Waals surface area contributed by atoms with Crippen LogP contribution in [0.15, 0.2) is 46.2 Å². The molecule has 118 valence electrons. The molecular weight excluding hydrogens is 314 g/mol. The highest BCUT2D eigenvalue weighted by atomic mass is 32.2. The highest BCUT2D eigenvalue weighted by Gasteiger charge is 2.22. The maximum atomic E-state index is 12.3.